The average Bonchev–Trinajstić information content (AvgIpc) is 2.78. The Morgan fingerprint density at radius 1 is 1.56 bits per heavy atom. The Kier molecular flexibility index (Phi) is 4.09. The van der Waals surface area contributed by atoms with E-state index in [-0.39, 0.29) is 17.9 Å². The lowest BCUT2D eigenvalue weighted by Crippen LogP contribution is -2.32. The number of hydrogen-bond acceptors (Lipinski definition) is 3. The molecule has 1 aromatic carbocycles. The highest BCUT2D eigenvalue weighted by molar-refractivity contribution is 6.33. The van der Waals surface area contributed by atoms with E-state index in [9.17, 15) is 4.79 Å². The summed E-state index contributed by atoms with van der Waals surface area (Å²) < 4.78 is 5.12. The maximum Gasteiger partial charge on any atom is 0.229 e. The van der Waals surface area contributed by atoms with Gasteiger partial charge in [0.15, 0.2) is 0 Å². The topological polar surface area (TPSA) is 50.4 Å². The van der Waals surface area contributed by atoms with Crippen LogP contribution in [0.3, 0.4) is 0 Å². The first-order valence-corrected chi connectivity index (χ1v) is 6.37. The Bertz CT molecular complexity index is 451. The van der Waals surface area contributed by atoms with E-state index in [1.165, 1.54) is 0 Å². The molecule has 0 spiro atoms. The highest BCUT2D eigenvalue weighted by Gasteiger charge is 2.29. The van der Waals surface area contributed by atoms with Gasteiger partial charge in [0.2, 0.25) is 5.91 Å². The molecule has 1 saturated heterocycles. The molecular weight excluding hydrogens is 252 g/mol. The summed E-state index contributed by atoms with van der Waals surface area (Å²) in [5, 5.41) is 6.64. The molecule has 2 atom stereocenters. The molecule has 2 unspecified atom stereocenters. The van der Waals surface area contributed by atoms with Crippen molar-refractivity contribution in [3.8, 4) is 5.75 Å². The molecule has 4 nitrogen and oxygen atoms in total. The van der Waals surface area contributed by atoms with Crippen LogP contribution in [0.1, 0.15) is 13.3 Å². The number of amides is 1. The van der Waals surface area contributed by atoms with Gasteiger partial charge < -0.3 is 15.4 Å². The van der Waals surface area contributed by atoms with Crippen LogP contribution in [0.5, 0.6) is 5.75 Å². The third kappa shape index (κ3) is 2.76. The van der Waals surface area contributed by atoms with Crippen molar-refractivity contribution in [2.75, 3.05) is 19.0 Å². The third-order valence-electron chi connectivity index (χ3n) is 3.29. The molecule has 2 N–H and O–H groups in total. The zero-order valence-corrected chi connectivity index (χ0v) is 11.3. The molecule has 5 heteroatoms. The second kappa shape index (κ2) is 5.59. The second-order valence-corrected chi connectivity index (χ2v) is 4.88. The van der Waals surface area contributed by atoms with E-state index in [1.807, 2.05) is 6.92 Å². The number of hydrogen-bond donors (Lipinski definition) is 2. The SMILES string of the molecule is COc1ccc(Cl)c(NC(=O)C2CCNC2C)c1. The second-order valence-electron chi connectivity index (χ2n) is 4.47. The maximum absolute atomic E-state index is 12.1. The largest absolute Gasteiger partial charge is 0.497 e. The summed E-state index contributed by atoms with van der Waals surface area (Å²) in [7, 11) is 1.58. The summed E-state index contributed by atoms with van der Waals surface area (Å²) in [4.78, 5) is 12.1. The minimum Gasteiger partial charge on any atom is -0.497 e. The molecule has 1 amide bonds. The number of halogens is 1. The Labute approximate surface area is 112 Å². The van der Waals surface area contributed by atoms with Gasteiger partial charge in [-0.1, -0.05) is 11.6 Å². The first-order chi connectivity index (χ1) is 8.61. The van der Waals surface area contributed by atoms with Crippen LogP contribution in [0.25, 0.3) is 0 Å². The van der Waals surface area contributed by atoms with E-state index in [0.29, 0.717) is 16.5 Å². The van der Waals surface area contributed by atoms with Gasteiger partial charge in [0, 0.05) is 12.1 Å². The van der Waals surface area contributed by atoms with E-state index in [1.54, 1.807) is 25.3 Å². The van der Waals surface area contributed by atoms with E-state index >= 15 is 0 Å². The Morgan fingerprint density at radius 3 is 2.94 bits per heavy atom. The summed E-state index contributed by atoms with van der Waals surface area (Å²) in [5.41, 5.74) is 0.597. The van der Waals surface area contributed by atoms with Crippen LogP contribution < -0.4 is 15.4 Å². The molecule has 1 aliphatic rings. The molecule has 0 bridgehead atoms. The van der Waals surface area contributed by atoms with Gasteiger partial charge in [-0.15, -0.1) is 0 Å². The molecule has 98 valence electrons. The quantitative estimate of drug-likeness (QED) is 0.884. The predicted molar refractivity (Wildman–Crippen MR) is 72.2 cm³/mol. The van der Waals surface area contributed by atoms with Gasteiger partial charge in [-0.05, 0) is 32.0 Å². The summed E-state index contributed by atoms with van der Waals surface area (Å²) in [6, 6.07) is 5.41. The third-order valence-corrected chi connectivity index (χ3v) is 3.62. The molecule has 0 aromatic heterocycles. The van der Waals surface area contributed by atoms with Crippen LogP contribution in [0.2, 0.25) is 5.02 Å². The van der Waals surface area contributed by atoms with Crippen molar-refractivity contribution in [1.82, 2.24) is 5.32 Å². The van der Waals surface area contributed by atoms with Gasteiger partial charge in [-0.25, -0.2) is 0 Å². The van der Waals surface area contributed by atoms with Gasteiger partial charge in [0.25, 0.3) is 0 Å². The van der Waals surface area contributed by atoms with Crippen LogP contribution in [0.15, 0.2) is 18.2 Å². The minimum atomic E-state index is -0.00716. The molecule has 1 fully saturated rings. The van der Waals surface area contributed by atoms with E-state index in [0.717, 1.165) is 13.0 Å². The summed E-state index contributed by atoms with van der Waals surface area (Å²) >= 11 is 6.05. The Morgan fingerprint density at radius 2 is 2.33 bits per heavy atom. The van der Waals surface area contributed by atoms with Crippen molar-refractivity contribution in [2.24, 2.45) is 5.92 Å². The number of nitrogens with one attached hydrogen (secondary N) is 2. The van der Waals surface area contributed by atoms with Crippen molar-refractivity contribution in [2.45, 2.75) is 19.4 Å². The monoisotopic (exact) mass is 268 g/mol. The molecular formula is C13H17ClN2O2. The summed E-state index contributed by atoms with van der Waals surface area (Å²) in [6.07, 6.45) is 0.856. The molecule has 1 heterocycles. The maximum atomic E-state index is 12.1. The molecule has 18 heavy (non-hydrogen) atoms. The van der Waals surface area contributed by atoms with Crippen LogP contribution in [-0.2, 0) is 4.79 Å². The fourth-order valence-electron chi connectivity index (χ4n) is 2.17. The molecule has 2 rings (SSSR count). The van der Waals surface area contributed by atoms with Gasteiger partial charge in [0.1, 0.15) is 5.75 Å². The number of carbonyl (C=O) groups is 1. The predicted octanol–water partition coefficient (Wildman–Crippen LogP) is 2.29. The lowest BCUT2D eigenvalue weighted by molar-refractivity contribution is -0.119. The zero-order valence-electron chi connectivity index (χ0n) is 10.5. The lowest BCUT2D eigenvalue weighted by atomic mass is 10.0. The first-order valence-electron chi connectivity index (χ1n) is 5.99. The molecule has 0 radical (unpaired) electrons. The van der Waals surface area contributed by atoms with Crippen LogP contribution >= 0.6 is 11.6 Å². The fraction of sp³-hybridized carbons (Fsp3) is 0.462. The normalized spacial score (nSPS) is 22.8. The van der Waals surface area contributed by atoms with Crippen LogP contribution in [-0.4, -0.2) is 25.6 Å². The van der Waals surface area contributed by atoms with E-state index in [2.05, 4.69) is 10.6 Å². The van der Waals surface area contributed by atoms with E-state index < -0.39 is 0 Å². The van der Waals surface area contributed by atoms with Crippen LogP contribution in [0, 0.1) is 5.92 Å². The minimum absolute atomic E-state index is 0.00246. The highest BCUT2D eigenvalue weighted by Crippen LogP contribution is 2.28. The summed E-state index contributed by atoms with van der Waals surface area (Å²) in [6.45, 7) is 2.90. The highest BCUT2D eigenvalue weighted by atomic mass is 35.5. The zero-order chi connectivity index (χ0) is 13.1. The Balaban J connectivity index is 2.11. The van der Waals surface area contributed by atoms with Crippen LogP contribution in [0.4, 0.5) is 5.69 Å². The standard InChI is InChI=1S/C13H17ClN2O2/c1-8-10(5-6-15-8)13(17)16-12-7-9(18-2)3-4-11(12)14/h3-4,7-8,10,15H,5-6H2,1-2H3,(H,16,17). The number of anilines is 1. The van der Waals surface area contributed by atoms with Crippen molar-refractivity contribution in [1.29, 1.82) is 0 Å². The molecule has 1 aliphatic heterocycles. The Hall–Kier alpha value is -1.26. The van der Waals surface area contributed by atoms with Crippen molar-refractivity contribution >= 4 is 23.2 Å². The van der Waals surface area contributed by atoms with Crippen molar-refractivity contribution in [3.05, 3.63) is 23.2 Å². The summed E-state index contributed by atoms with van der Waals surface area (Å²) in [5.74, 6) is 0.669. The van der Waals surface area contributed by atoms with Gasteiger partial charge in [-0.2, -0.15) is 0 Å². The molecule has 0 aliphatic carbocycles. The smallest absolute Gasteiger partial charge is 0.229 e. The number of methoxy groups -OCH3 is 1. The van der Waals surface area contributed by atoms with E-state index in [4.69, 9.17) is 16.3 Å². The molecule has 1 aromatic rings. The first kappa shape index (κ1) is 13.2. The van der Waals surface area contributed by atoms with Gasteiger partial charge in [-0.3, -0.25) is 4.79 Å². The van der Waals surface area contributed by atoms with Gasteiger partial charge >= 0.3 is 0 Å². The van der Waals surface area contributed by atoms with Crippen molar-refractivity contribution < 1.29 is 9.53 Å². The number of rotatable bonds is 3. The number of carbonyl (C=O) groups excluding carboxylic acids is 1. The number of ether oxygens (including phenoxy) is 1. The van der Waals surface area contributed by atoms with Crippen molar-refractivity contribution in [3.63, 3.8) is 0 Å². The fourth-order valence-corrected chi connectivity index (χ4v) is 2.33. The number of benzene rings is 1. The lowest BCUT2D eigenvalue weighted by Gasteiger charge is -2.16. The van der Waals surface area contributed by atoms with Gasteiger partial charge in [0.05, 0.1) is 23.7 Å². The average molecular weight is 269 g/mol. The molecule has 0 saturated carbocycles.